The van der Waals surface area contributed by atoms with Crippen LogP contribution >= 0.6 is 0 Å². The number of aliphatic hydroxyl groups is 1. The zero-order valence-electron chi connectivity index (χ0n) is 26.5. The number of hydrogen-bond donors (Lipinski definition) is 3. The van der Waals surface area contributed by atoms with Crippen molar-refractivity contribution in [2.24, 2.45) is 5.92 Å². The number of fused-ring (bicyclic) bond motifs is 2. The number of carbonyl (C=O) groups is 3. The van der Waals surface area contributed by atoms with E-state index in [1.54, 1.807) is 85.8 Å². The molecule has 1 fully saturated rings. The highest BCUT2D eigenvalue weighted by Gasteiger charge is 2.60. The fraction of sp³-hybridized carbons (Fsp3) is 0.270. The number of hydrogen-bond acceptors (Lipinski definition) is 7. The molecule has 10 nitrogen and oxygen atoms in total. The van der Waals surface area contributed by atoms with E-state index in [4.69, 9.17) is 14.2 Å². The number of methoxy groups -OCH3 is 2. The van der Waals surface area contributed by atoms with Crippen LogP contribution in [0.2, 0.25) is 0 Å². The van der Waals surface area contributed by atoms with E-state index in [0.29, 0.717) is 58.1 Å². The van der Waals surface area contributed by atoms with Gasteiger partial charge in [-0.2, -0.15) is 0 Å². The minimum absolute atomic E-state index is 0.0441. The molecule has 6 rings (SSSR count). The van der Waals surface area contributed by atoms with Gasteiger partial charge in [-0.25, -0.2) is 0 Å². The summed E-state index contributed by atoms with van der Waals surface area (Å²) in [5.41, 5.74) is 3.13. The lowest BCUT2D eigenvalue weighted by atomic mass is 9.82. The van der Waals surface area contributed by atoms with Gasteiger partial charge >= 0.3 is 0 Å². The highest BCUT2D eigenvalue weighted by Crippen LogP contribution is 2.54. The van der Waals surface area contributed by atoms with Gasteiger partial charge in [0.1, 0.15) is 11.5 Å². The van der Waals surface area contributed by atoms with Crippen LogP contribution in [0, 0.1) is 5.92 Å². The molecule has 1 spiro atoms. The number of anilines is 3. The molecule has 4 aromatic rings. The molecular formula is C37H37N3O7. The van der Waals surface area contributed by atoms with E-state index in [9.17, 15) is 19.5 Å². The average molecular weight is 636 g/mol. The van der Waals surface area contributed by atoms with Crippen LogP contribution in [-0.4, -0.2) is 49.8 Å². The molecule has 0 unspecified atom stereocenters. The average Bonchev–Trinajstić information content (AvgIpc) is 3.54. The third-order valence-electron chi connectivity index (χ3n) is 8.88. The lowest BCUT2D eigenvalue weighted by molar-refractivity contribution is -0.146. The Hall–Kier alpha value is -5.19. The summed E-state index contributed by atoms with van der Waals surface area (Å²) in [6.45, 7) is 2.22. The van der Waals surface area contributed by atoms with E-state index >= 15 is 0 Å². The van der Waals surface area contributed by atoms with Crippen LogP contribution in [0.1, 0.15) is 51.6 Å². The number of ether oxygens (including phenoxy) is 3. The molecule has 4 aromatic carbocycles. The molecule has 47 heavy (non-hydrogen) atoms. The van der Waals surface area contributed by atoms with Crippen molar-refractivity contribution in [3.8, 4) is 11.5 Å². The standard InChI is InChI=1S/C37H37N3O7/c1-23-20-31(18-19-41)47-37(23)32-21-28(39-35(43)26-8-15-30(46-3)16-9-26)12-17-33(32)40(36(37)44)22-24-4-10-27(11-5-24)38-34(42)25-6-13-29(45-2)14-7-25/h4-17,21,23,31,41H,18-20,22H2,1-3H3,(H,38,42)(H,39,43)/t23-,31+,37+/m0/s1. The third-order valence-corrected chi connectivity index (χ3v) is 8.88. The first-order valence-corrected chi connectivity index (χ1v) is 15.5. The maximum Gasteiger partial charge on any atom is 0.264 e. The minimum Gasteiger partial charge on any atom is -0.497 e. The molecule has 0 aliphatic carbocycles. The minimum atomic E-state index is -1.25. The predicted octanol–water partition coefficient (Wildman–Crippen LogP) is 5.76. The number of nitrogens with one attached hydrogen (secondary N) is 2. The fourth-order valence-electron chi connectivity index (χ4n) is 6.39. The molecule has 2 aliphatic heterocycles. The molecule has 3 amide bonds. The summed E-state index contributed by atoms with van der Waals surface area (Å²) in [7, 11) is 3.14. The molecule has 2 aliphatic rings. The molecule has 242 valence electrons. The lowest BCUT2D eigenvalue weighted by Gasteiger charge is -2.28. The SMILES string of the molecule is COc1ccc(C(=O)Nc2ccc(CN3C(=O)[C@]4(O[C@H](CCO)C[C@@H]4C)c4cc(NC(=O)c5ccc(OC)cc5)ccc43)cc2)cc1. The van der Waals surface area contributed by atoms with E-state index in [0.717, 1.165) is 5.56 Å². The highest BCUT2D eigenvalue weighted by atomic mass is 16.5. The largest absolute Gasteiger partial charge is 0.497 e. The topological polar surface area (TPSA) is 126 Å². The van der Waals surface area contributed by atoms with Crippen LogP contribution in [0.25, 0.3) is 0 Å². The maximum atomic E-state index is 14.4. The molecule has 0 saturated carbocycles. The Morgan fingerprint density at radius 2 is 1.40 bits per heavy atom. The zero-order valence-corrected chi connectivity index (χ0v) is 26.5. The van der Waals surface area contributed by atoms with Gasteiger partial charge in [-0.1, -0.05) is 19.1 Å². The summed E-state index contributed by atoms with van der Waals surface area (Å²) in [6.07, 6.45) is 0.759. The summed E-state index contributed by atoms with van der Waals surface area (Å²) in [6, 6.07) is 26.5. The van der Waals surface area contributed by atoms with E-state index in [2.05, 4.69) is 10.6 Å². The summed E-state index contributed by atoms with van der Waals surface area (Å²) < 4.78 is 16.9. The van der Waals surface area contributed by atoms with Crippen molar-refractivity contribution in [3.63, 3.8) is 0 Å². The molecule has 0 bridgehead atoms. The maximum absolute atomic E-state index is 14.4. The van der Waals surface area contributed by atoms with Crippen LogP contribution < -0.4 is 25.0 Å². The first-order valence-electron chi connectivity index (χ1n) is 15.5. The number of rotatable bonds is 10. The van der Waals surface area contributed by atoms with Gasteiger partial charge in [0.2, 0.25) is 0 Å². The van der Waals surface area contributed by atoms with Crippen molar-refractivity contribution in [3.05, 3.63) is 113 Å². The highest BCUT2D eigenvalue weighted by molar-refractivity contribution is 6.09. The number of nitrogens with zero attached hydrogens (tertiary/aromatic N) is 1. The molecule has 2 heterocycles. The zero-order chi connectivity index (χ0) is 33.1. The normalized spacial score (nSPS) is 19.8. The summed E-state index contributed by atoms with van der Waals surface area (Å²) in [5.74, 6) is 0.430. The first-order chi connectivity index (χ1) is 22.7. The van der Waals surface area contributed by atoms with Crippen molar-refractivity contribution in [1.29, 1.82) is 0 Å². The Balaban J connectivity index is 1.24. The van der Waals surface area contributed by atoms with Gasteiger partial charge in [0.15, 0.2) is 5.60 Å². The van der Waals surface area contributed by atoms with Gasteiger partial charge in [0, 0.05) is 40.6 Å². The van der Waals surface area contributed by atoms with Crippen molar-refractivity contribution in [2.45, 2.75) is 38.0 Å². The quantitative estimate of drug-likeness (QED) is 0.202. The fourth-order valence-corrected chi connectivity index (χ4v) is 6.39. The van der Waals surface area contributed by atoms with E-state index in [1.807, 2.05) is 31.2 Å². The molecule has 3 atom stereocenters. The molecular weight excluding hydrogens is 598 g/mol. The lowest BCUT2D eigenvalue weighted by Crippen LogP contribution is -2.43. The van der Waals surface area contributed by atoms with Crippen molar-refractivity contribution < 1.29 is 33.7 Å². The van der Waals surface area contributed by atoms with Gasteiger partial charge in [-0.15, -0.1) is 0 Å². The van der Waals surface area contributed by atoms with Crippen molar-refractivity contribution in [2.75, 3.05) is 36.4 Å². The van der Waals surface area contributed by atoms with Gasteiger partial charge < -0.3 is 34.9 Å². The van der Waals surface area contributed by atoms with Crippen LogP contribution in [0.15, 0.2) is 91.0 Å². The van der Waals surface area contributed by atoms with E-state index < -0.39 is 5.60 Å². The first kappa shape index (κ1) is 31.8. The van der Waals surface area contributed by atoms with Crippen molar-refractivity contribution in [1.82, 2.24) is 0 Å². The third kappa shape index (κ3) is 6.17. The Morgan fingerprint density at radius 1 is 0.851 bits per heavy atom. The van der Waals surface area contributed by atoms with Gasteiger partial charge in [0.25, 0.3) is 17.7 Å². The van der Waals surface area contributed by atoms with Crippen LogP contribution in [0.5, 0.6) is 11.5 Å². The molecule has 10 heteroatoms. The number of benzene rings is 4. The van der Waals surface area contributed by atoms with Gasteiger partial charge in [-0.05, 0) is 97.3 Å². The summed E-state index contributed by atoms with van der Waals surface area (Å²) in [4.78, 5) is 41.9. The molecule has 1 saturated heterocycles. The van der Waals surface area contributed by atoms with Gasteiger partial charge in [0.05, 0.1) is 32.6 Å². The van der Waals surface area contributed by atoms with Crippen LogP contribution in [-0.2, 0) is 21.7 Å². The summed E-state index contributed by atoms with van der Waals surface area (Å²) in [5, 5.41) is 15.5. The number of carbonyl (C=O) groups excluding carboxylic acids is 3. The second kappa shape index (κ2) is 13.3. The van der Waals surface area contributed by atoms with E-state index in [-0.39, 0.29) is 42.9 Å². The second-order valence-corrected chi connectivity index (χ2v) is 11.8. The van der Waals surface area contributed by atoms with Crippen LogP contribution in [0.4, 0.5) is 17.1 Å². The Labute approximate surface area is 273 Å². The van der Waals surface area contributed by atoms with Gasteiger partial charge in [-0.3, -0.25) is 14.4 Å². The summed E-state index contributed by atoms with van der Waals surface area (Å²) >= 11 is 0. The Bertz CT molecular complexity index is 1770. The molecule has 0 radical (unpaired) electrons. The smallest absolute Gasteiger partial charge is 0.264 e. The van der Waals surface area contributed by atoms with Crippen molar-refractivity contribution >= 4 is 34.8 Å². The Morgan fingerprint density at radius 3 is 1.96 bits per heavy atom. The second-order valence-electron chi connectivity index (χ2n) is 11.8. The van der Waals surface area contributed by atoms with E-state index in [1.165, 1.54) is 0 Å². The molecule has 3 N–H and O–H groups in total. The number of aliphatic hydroxyl groups excluding tert-OH is 1. The predicted molar refractivity (Wildman–Crippen MR) is 178 cm³/mol. The van der Waals surface area contributed by atoms with Crippen LogP contribution in [0.3, 0.4) is 0 Å². The Kier molecular flexibility index (Phi) is 8.97. The number of amides is 3. The monoisotopic (exact) mass is 635 g/mol. The molecule has 0 aromatic heterocycles.